The molecule has 0 aliphatic heterocycles. The van der Waals surface area contributed by atoms with Crippen LogP contribution in [-0.4, -0.2) is 44.0 Å². The van der Waals surface area contributed by atoms with E-state index in [1.54, 1.807) is 6.08 Å². The Hall–Kier alpha value is -2.33. The maximum atomic E-state index is 11.7. The second-order valence-electron chi connectivity index (χ2n) is 6.10. The Bertz CT molecular complexity index is 540. The van der Waals surface area contributed by atoms with E-state index in [1.807, 2.05) is 44.2 Å². The standard InChI is InChI=1S/C18H27N3O3/c1-4-21(16-9-6-5-7-10-16)13-14-24-17(23)19-12-8-11-18(2,3)20-15-22/h5-7,9-10H,4,8,11-14H2,1-3H3,(H,19,23). The van der Waals surface area contributed by atoms with E-state index in [0.29, 0.717) is 26.1 Å². The summed E-state index contributed by atoms with van der Waals surface area (Å²) >= 11 is 0. The number of hydrogen-bond donors (Lipinski definition) is 1. The Morgan fingerprint density at radius 2 is 2.04 bits per heavy atom. The van der Waals surface area contributed by atoms with Gasteiger partial charge < -0.3 is 15.0 Å². The zero-order valence-electron chi connectivity index (χ0n) is 14.7. The van der Waals surface area contributed by atoms with Crippen molar-refractivity contribution in [2.24, 2.45) is 4.99 Å². The molecule has 0 atom stereocenters. The third-order valence-corrected chi connectivity index (χ3v) is 3.68. The van der Waals surface area contributed by atoms with Gasteiger partial charge in [-0.15, -0.1) is 0 Å². The van der Waals surface area contributed by atoms with Crippen LogP contribution in [0.4, 0.5) is 10.5 Å². The van der Waals surface area contributed by atoms with Gasteiger partial charge >= 0.3 is 6.09 Å². The van der Waals surface area contributed by atoms with E-state index in [4.69, 9.17) is 4.74 Å². The topological polar surface area (TPSA) is 71.0 Å². The van der Waals surface area contributed by atoms with Crippen LogP contribution >= 0.6 is 0 Å². The number of hydrogen-bond acceptors (Lipinski definition) is 5. The van der Waals surface area contributed by atoms with Crippen molar-refractivity contribution in [3.63, 3.8) is 0 Å². The maximum Gasteiger partial charge on any atom is 0.407 e. The SMILES string of the molecule is CCN(CCOC(=O)NCCCC(C)(C)N=C=O)c1ccccc1. The van der Waals surface area contributed by atoms with E-state index in [-0.39, 0.29) is 0 Å². The van der Waals surface area contributed by atoms with Gasteiger partial charge in [0.2, 0.25) is 6.08 Å². The van der Waals surface area contributed by atoms with E-state index in [0.717, 1.165) is 18.7 Å². The largest absolute Gasteiger partial charge is 0.448 e. The molecule has 0 radical (unpaired) electrons. The van der Waals surface area contributed by atoms with Gasteiger partial charge in [0, 0.05) is 18.8 Å². The molecule has 0 unspecified atom stereocenters. The Morgan fingerprint density at radius 3 is 2.67 bits per heavy atom. The first-order valence-electron chi connectivity index (χ1n) is 8.28. The summed E-state index contributed by atoms with van der Waals surface area (Å²) in [5, 5.41) is 2.71. The van der Waals surface area contributed by atoms with Gasteiger partial charge in [-0.1, -0.05) is 18.2 Å². The van der Waals surface area contributed by atoms with Gasteiger partial charge in [0.25, 0.3) is 0 Å². The molecule has 132 valence electrons. The van der Waals surface area contributed by atoms with Crippen LogP contribution in [0, 0.1) is 0 Å². The molecule has 1 amide bonds. The van der Waals surface area contributed by atoms with Gasteiger partial charge in [0.1, 0.15) is 6.61 Å². The minimum absolute atomic E-state index is 0.329. The molecule has 24 heavy (non-hydrogen) atoms. The molecule has 0 bridgehead atoms. The predicted molar refractivity (Wildman–Crippen MR) is 95.1 cm³/mol. The van der Waals surface area contributed by atoms with Gasteiger partial charge in [-0.05, 0) is 45.7 Å². The van der Waals surface area contributed by atoms with Crippen molar-refractivity contribution in [1.82, 2.24) is 5.32 Å². The zero-order valence-corrected chi connectivity index (χ0v) is 14.7. The number of aliphatic imine (C=N–C) groups is 1. The summed E-state index contributed by atoms with van der Waals surface area (Å²) in [6.45, 7) is 8.10. The van der Waals surface area contributed by atoms with E-state index >= 15 is 0 Å². The van der Waals surface area contributed by atoms with Gasteiger partial charge in [0.05, 0.1) is 12.1 Å². The molecule has 0 spiro atoms. The lowest BCUT2D eigenvalue weighted by Crippen LogP contribution is -2.32. The molecule has 1 aromatic rings. The Balaban J connectivity index is 2.21. The smallest absolute Gasteiger partial charge is 0.407 e. The van der Waals surface area contributed by atoms with Gasteiger partial charge in [-0.25, -0.2) is 9.59 Å². The molecular formula is C18H27N3O3. The highest BCUT2D eigenvalue weighted by Crippen LogP contribution is 2.15. The molecule has 1 aromatic carbocycles. The Labute approximate surface area is 143 Å². The molecule has 0 aromatic heterocycles. The van der Waals surface area contributed by atoms with Gasteiger partial charge in [-0.3, -0.25) is 0 Å². The minimum atomic E-state index is -0.440. The number of likely N-dealkylation sites (N-methyl/N-ethyl adjacent to an activating group) is 1. The number of carbonyl (C=O) groups excluding carboxylic acids is 2. The van der Waals surface area contributed by atoms with E-state index in [9.17, 15) is 9.59 Å². The minimum Gasteiger partial charge on any atom is -0.448 e. The Morgan fingerprint density at radius 1 is 1.33 bits per heavy atom. The van der Waals surface area contributed by atoms with Crippen LogP contribution in [0.5, 0.6) is 0 Å². The summed E-state index contributed by atoms with van der Waals surface area (Å²) in [6.07, 6.45) is 2.57. The first kappa shape index (κ1) is 19.7. The summed E-state index contributed by atoms with van der Waals surface area (Å²) in [4.78, 5) is 27.8. The molecule has 0 aliphatic rings. The Kier molecular flexibility index (Phi) is 8.58. The summed E-state index contributed by atoms with van der Waals surface area (Å²) < 4.78 is 5.20. The van der Waals surface area contributed by atoms with Crippen molar-refractivity contribution in [2.75, 3.05) is 31.1 Å². The van der Waals surface area contributed by atoms with Crippen molar-refractivity contribution in [2.45, 2.75) is 39.2 Å². The van der Waals surface area contributed by atoms with Crippen LogP contribution in [0.1, 0.15) is 33.6 Å². The number of carbonyl (C=O) groups is 1. The van der Waals surface area contributed by atoms with Crippen molar-refractivity contribution in [3.8, 4) is 0 Å². The van der Waals surface area contributed by atoms with Crippen LogP contribution < -0.4 is 10.2 Å². The van der Waals surface area contributed by atoms with Crippen molar-refractivity contribution >= 4 is 17.9 Å². The number of alkyl carbamates (subject to hydrolysis) is 1. The third kappa shape index (κ3) is 7.79. The number of amides is 1. The predicted octanol–water partition coefficient (Wildman–Crippen LogP) is 3.13. The summed E-state index contributed by atoms with van der Waals surface area (Å²) in [5.41, 5.74) is 0.673. The molecule has 1 N–H and O–H groups in total. The van der Waals surface area contributed by atoms with Crippen LogP contribution in [-0.2, 0) is 9.53 Å². The molecule has 1 rings (SSSR count). The summed E-state index contributed by atoms with van der Waals surface area (Å²) in [5.74, 6) is 0. The molecule has 0 saturated carbocycles. The number of ether oxygens (including phenoxy) is 1. The van der Waals surface area contributed by atoms with Crippen molar-refractivity contribution < 1.29 is 14.3 Å². The lowest BCUT2D eigenvalue weighted by Gasteiger charge is -2.22. The molecular weight excluding hydrogens is 306 g/mol. The number of rotatable bonds is 10. The lowest BCUT2D eigenvalue weighted by molar-refractivity contribution is 0.148. The van der Waals surface area contributed by atoms with E-state index in [1.165, 1.54) is 0 Å². The molecule has 0 aliphatic carbocycles. The van der Waals surface area contributed by atoms with Crippen LogP contribution in [0.25, 0.3) is 0 Å². The van der Waals surface area contributed by atoms with Gasteiger partial charge in [-0.2, -0.15) is 4.99 Å². The van der Waals surface area contributed by atoms with Crippen LogP contribution in [0.2, 0.25) is 0 Å². The molecule has 0 fully saturated rings. The number of anilines is 1. The second-order valence-corrected chi connectivity index (χ2v) is 6.10. The maximum absolute atomic E-state index is 11.7. The normalized spacial score (nSPS) is 10.6. The molecule has 0 heterocycles. The molecule has 6 nitrogen and oxygen atoms in total. The number of benzene rings is 1. The average molecular weight is 333 g/mol. The fourth-order valence-corrected chi connectivity index (χ4v) is 2.30. The van der Waals surface area contributed by atoms with Crippen molar-refractivity contribution in [3.05, 3.63) is 30.3 Å². The number of para-hydroxylation sites is 1. The zero-order chi connectivity index (χ0) is 17.8. The second kappa shape index (κ2) is 10.4. The van der Waals surface area contributed by atoms with Gasteiger partial charge in [0.15, 0.2) is 0 Å². The first-order chi connectivity index (χ1) is 11.5. The van der Waals surface area contributed by atoms with E-state index in [2.05, 4.69) is 22.1 Å². The van der Waals surface area contributed by atoms with E-state index < -0.39 is 11.6 Å². The molecule has 6 heteroatoms. The monoisotopic (exact) mass is 333 g/mol. The van der Waals surface area contributed by atoms with Crippen molar-refractivity contribution in [1.29, 1.82) is 0 Å². The van der Waals surface area contributed by atoms with Crippen LogP contribution in [0.3, 0.4) is 0 Å². The highest BCUT2D eigenvalue weighted by molar-refractivity contribution is 5.67. The quantitative estimate of drug-likeness (QED) is 0.406. The number of nitrogens with one attached hydrogen (secondary N) is 1. The van der Waals surface area contributed by atoms with Crippen LogP contribution in [0.15, 0.2) is 35.3 Å². The lowest BCUT2D eigenvalue weighted by atomic mass is 10.00. The molecule has 0 saturated heterocycles. The third-order valence-electron chi connectivity index (χ3n) is 3.68. The first-order valence-corrected chi connectivity index (χ1v) is 8.28. The summed E-state index contributed by atoms with van der Waals surface area (Å²) in [7, 11) is 0. The number of nitrogens with zero attached hydrogens (tertiary/aromatic N) is 2. The summed E-state index contributed by atoms with van der Waals surface area (Å²) in [6, 6.07) is 10.0. The fourth-order valence-electron chi connectivity index (χ4n) is 2.30. The highest BCUT2D eigenvalue weighted by Gasteiger charge is 2.15. The highest BCUT2D eigenvalue weighted by atomic mass is 16.5. The average Bonchev–Trinajstić information content (AvgIpc) is 2.56. The fraction of sp³-hybridized carbons (Fsp3) is 0.556. The number of isocyanates is 1.